The Labute approximate surface area is 144 Å². The average Bonchev–Trinajstić information content (AvgIpc) is 2.56. The van der Waals surface area contributed by atoms with Gasteiger partial charge in [-0.05, 0) is 31.5 Å². The predicted octanol–water partition coefficient (Wildman–Crippen LogP) is 2.11. The van der Waals surface area contributed by atoms with Gasteiger partial charge in [0.2, 0.25) is 0 Å². The van der Waals surface area contributed by atoms with Crippen molar-refractivity contribution in [1.82, 2.24) is 15.5 Å². The first kappa shape index (κ1) is 18.0. The van der Waals surface area contributed by atoms with E-state index >= 15 is 0 Å². The van der Waals surface area contributed by atoms with Crippen LogP contribution in [0.25, 0.3) is 0 Å². The summed E-state index contributed by atoms with van der Waals surface area (Å²) in [7, 11) is 1.79. The lowest BCUT2D eigenvalue weighted by Gasteiger charge is -2.38. The molecule has 0 bridgehead atoms. The van der Waals surface area contributed by atoms with Crippen molar-refractivity contribution in [3.05, 3.63) is 34.9 Å². The molecule has 1 saturated heterocycles. The van der Waals surface area contributed by atoms with Gasteiger partial charge in [-0.25, -0.2) is 0 Å². The maximum absolute atomic E-state index is 5.90. The number of hydrogen-bond acceptors (Lipinski definition) is 3. The highest BCUT2D eigenvalue weighted by Crippen LogP contribution is 2.10. The van der Waals surface area contributed by atoms with Gasteiger partial charge in [0.25, 0.3) is 0 Å². The third-order valence-corrected chi connectivity index (χ3v) is 4.40. The molecule has 0 spiro atoms. The molecule has 0 aromatic heterocycles. The molecule has 23 heavy (non-hydrogen) atoms. The van der Waals surface area contributed by atoms with Gasteiger partial charge in [0.05, 0.1) is 13.2 Å². The second-order valence-corrected chi connectivity index (χ2v) is 6.38. The number of nitrogens with zero attached hydrogens (tertiary/aromatic N) is 2. The minimum absolute atomic E-state index is 0.433. The summed E-state index contributed by atoms with van der Waals surface area (Å²) < 4.78 is 5.50. The van der Waals surface area contributed by atoms with Gasteiger partial charge in [-0.3, -0.25) is 9.89 Å². The van der Waals surface area contributed by atoms with Gasteiger partial charge >= 0.3 is 0 Å². The molecule has 1 aliphatic rings. The summed E-state index contributed by atoms with van der Waals surface area (Å²) in [5, 5.41) is 7.48. The van der Waals surface area contributed by atoms with Crippen LogP contribution in [0.3, 0.4) is 0 Å². The summed E-state index contributed by atoms with van der Waals surface area (Å²) >= 11 is 5.90. The molecular formula is C17H27ClN4O. The Balaban J connectivity index is 1.77. The van der Waals surface area contributed by atoms with Crippen molar-refractivity contribution in [2.24, 2.45) is 4.99 Å². The summed E-state index contributed by atoms with van der Waals surface area (Å²) in [6.45, 7) is 8.64. The molecule has 128 valence electrons. The van der Waals surface area contributed by atoms with Crippen LogP contribution in [0.1, 0.15) is 19.4 Å². The first-order valence-electron chi connectivity index (χ1n) is 8.12. The zero-order valence-corrected chi connectivity index (χ0v) is 14.9. The van der Waals surface area contributed by atoms with Gasteiger partial charge in [0.1, 0.15) is 0 Å². The molecule has 1 aromatic carbocycles. The van der Waals surface area contributed by atoms with Crippen molar-refractivity contribution in [2.45, 2.75) is 32.5 Å². The highest BCUT2D eigenvalue weighted by molar-refractivity contribution is 6.30. The van der Waals surface area contributed by atoms with Gasteiger partial charge in [0, 0.05) is 43.8 Å². The van der Waals surface area contributed by atoms with Crippen LogP contribution in [0, 0.1) is 0 Å². The van der Waals surface area contributed by atoms with Crippen LogP contribution in [0.2, 0.25) is 5.02 Å². The standard InChI is InChI=1S/C17H27ClN4O/c1-13(22-8-9-23-12-14(22)2)10-20-17(19-3)21-11-15-4-6-16(18)7-5-15/h4-7,13-14H,8-12H2,1-3H3,(H2,19,20,21). The van der Waals surface area contributed by atoms with Crippen LogP contribution < -0.4 is 10.6 Å². The number of ether oxygens (including phenoxy) is 1. The number of benzene rings is 1. The largest absolute Gasteiger partial charge is 0.379 e. The number of hydrogen-bond donors (Lipinski definition) is 2. The molecule has 0 radical (unpaired) electrons. The van der Waals surface area contributed by atoms with Crippen LogP contribution in [-0.4, -0.2) is 56.3 Å². The average molecular weight is 339 g/mol. The minimum atomic E-state index is 0.433. The summed E-state index contributed by atoms with van der Waals surface area (Å²) in [5.74, 6) is 0.813. The van der Waals surface area contributed by atoms with E-state index in [1.165, 1.54) is 5.56 Å². The smallest absolute Gasteiger partial charge is 0.191 e. The van der Waals surface area contributed by atoms with Crippen LogP contribution in [-0.2, 0) is 11.3 Å². The van der Waals surface area contributed by atoms with E-state index < -0.39 is 0 Å². The second-order valence-electron chi connectivity index (χ2n) is 5.94. The Hall–Kier alpha value is -1.30. The highest BCUT2D eigenvalue weighted by atomic mass is 35.5. The minimum Gasteiger partial charge on any atom is -0.379 e. The Kier molecular flexibility index (Phi) is 7.15. The molecule has 1 fully saturated rings. The molecule has 2 unspecified atom stereocenters. The number of rotatable bonds is 5. The molecule has 0 aliphatic carbocycles. The molecule has 2 N–H and O–H groups in total. The molecule has 0 amide bonds. The molecule has 0 saturated carbocycles. The van der Waals surface area contributed by atoms with E-state index in [-0.39, 0.29) is 0 Å². The van der Waals surface area contributed by atoms with E-state index in [4.69, 9.17) is 16.3 Å². The topological polar surface area (TPSA) is 48.9 Å². The summed E-state index contributed by atoms with van der Waals surface area (Å²) in [4.78, 5) is 6.76. The van der Waals surface area contributed by atoms with Crippen LogP contribution in [0.5, 0.6) is 0 Å². The molecular weight excluding hydrogens is 312 g/mol. The van der Waals surface area contributed by atoms with Crippen molar-refractivity contribution in [3.8, 4) is 0 Å². The molecule has 1 aromatic rings. The lowest BCUT2D eigenvalue weighted by Crippen LogP contribution is -2.52. The molecule has 2 atom stereocenters. The number of guanidine groups is 1. The zero-order valence-electron chi connectivity index (χ0n) is 14.2. The number of halogens is 1. The van der Waals surface area contributed by atoms with E-state index in [0.717, 1.165) is 43.8 Å². The lowest BCUT2D eigenvalue weighted by atomic mass is 10.2. The van der Waals surface area contributed by atoms with Crippen LogP contribution >= 0.6 is 11.6 Å². The summed E-state index contributed by atoms with van der Waals surface area (Å²) in [6.07, 6.45) is 0. The SMILES string of the molecule is CN=C(NCc1ccc(Cl)cc1)NCC(C)N1CCOCC1C. The summed E-state index contributed by atoms with van der Waals surface area (Å²) in [5.41, 5.74) is 1.17. The van der Waals surface area contributed by atoms with Gasteiger partial charge in [-0.1, -0.05) is 23.7 Å². The second kappa shape index (κ2) is 9.11. The predicted molar refractivity (Wildman–Crippen MR) is 96.1 cm³/mol. The Morgan fingerprint density at radius 1 is 1.39 bits per heavy atom. The Morgan fingerprint density at radius 2 is 2.13 bits per heavy atom. The fraction of sp³-hybridized carbons (Fsp3) is 0.588. The first-order chi connectivity index (χ1) is 11.1. The quantitative estimate of drug-likeness (QED) is 0.638. The maximum Gasteiger partial charge on any atom is 0.191 e. The van der Waals surface area contributed by atoms with Gasteiger partial charge in [-0.2, -0.15) is 0 Å². The monoisotopic (exact) mass is 338 g/mol. The van der Waals surface area contributed by atoms with Crippen molar-refractivity contribution < 1.29 is 4.74 Å². The van der Waals surface area contributed by atoms with E-state index in [1.54, 1.807) is 7.05 Å². The highest BCUT2D eigenvalue weighted by Gasteiger charge is 2.23. The molecule has 5 nitrogen and oxygen atoms in total. The van der Waals surface area contributed by atoms with Crippen molar-refractivity contribution in [2.75, 3.05) is 33.4 Å². The number of morpholine rings is 1. The van der Waals surface area contributed by atoms with Gasteiger partial charge < -0.3 is 15.4 Å². The van der Waals surface area contributed by atoms with E-state index in [2.05, 4.69) is 34.4 Å². The fourth-order valence-corrected chi connectivity index (χ4v) is 2.89. The Morgan fingerprint density at radius 3 is 2.78 bits per heavy atom. The number of aliphatic imine (C=N–C) groups is 1. The van der Waals surface area contributed by atoms with E-state index in [0.29, 0.717) is 12.1 Å². The molecule has 6 heteroatoms. The summed E-state index contributed by atoms with van der Waals surface area (Å²) in [6, 6.07) is 8.72. The zero-order chi connectivity index (χ0) is 16.7. The van der Waals surface area contributed by atoms with E-state index in [1.807, 2.05) is 24.3 Å². The molecule has 1 heterocycles. The van der Waals surface area contributed by atoms with Gasteiger partial charge in [0.15, 0.2) is 5.96 Å². The van der Waals surface area contributed by atoms with Gasteiger partial charge in [-0.15, -0.1) is 0 Å². The van der Waals surface area contributed by atoms with Crippen molar-refractivity contribution in [1.29, 1.82) is 0 Å². The van der Waals surface area contributed by atoms with Crippen LogP contribution in [0.15, 0.2) is 29.3 Å². The third-order valence-electron chi connectivity index (χ3n) is 4.15. The lowest BCUT2D eigenvalue weighted by molar-refractivity contribution is -0.0174. The van der Waals surface area contributed by atoms with Crippen molar-refractivity contribution >= 4 is 17.6 Å². The fourth-order valence-electron chi connectivity index (χ4n) is 2.77. The Bertz CT molecular complexity index is 506. The van der Waals surface area contributed by atoms with Crippen molar-refractivity contribution in [3.63, 3.8) is 0 Å². The molecule has 2 rings (SSSR count). The van der Waals surface area contributed by atoms with Crippen LogP contribution in [0.4, 0.5) is 0 Å². The third kappa shape index (κ3) is 5.68. The number of nitrogens with one attached hydrogen (secondary N) is 2. The van der Waals surface area contributed by atoms with E-state index in [9.17, 15) is 0 Å². The maximum atomic E-state index is 5.90. The first-order valence-corrected chi connectivity index (χ1v) is 8.50. The normalized spacial score (nSPS) is 21.0. The molecule has 1 aliphatic heterocycles.